The molecule has 4 nitrogen and oxygen atoms in total. The summed E-state index contributed by atoms with van der Waals surface area (Å²) in [6, 6.07) is 13.2. The maximum absolute atomic E-state index is 12.6. The van der Waals surface area contributed by atoms with Gasteiger partial charge in [-0.05, 0) is 60.4 Å². The number of Topliss-reactive ketones (excluding diaryl/α,β-unsaturated/α-hetero) is 1. The fourth-order valence-electron chi connectivity index (χ4n) is 2.61. The summed E-state index contributed by atoms with van der Waals surface area (Å²) < 4.78 is 16.9. The number of ketones is 1. The van der Waals surface area contributed by atoms with Crippen LogP contribution < -0.4 is 13.9 Å². The molecule has 0 saturated heterocycles. The quantitative estimate of drug-likeness (QED) is 0.408. The molecule has 0 aliphatic heterocycles. The first kappa shape index (κ1) is 22.0. The molecule has 5 heteroatoms. The summed E-state index contributed by atoms with van der Waals surface area (Å²) in [5.74, 6) is 2.42. The summed E-state index contributed by atoms with van der Waals surface area (Å²) in [6.45, 7) is 11.1. The maximum Gasteiger partial charge on any atom is 0.250 e. The predicted octanol–water partition coefficient (Wildman–Crippen LogP) is 5.90. The van der Waals surface area contributed by atoms with Gasteiger partial charge in [0.1, 0.15) is 17.2 Å². The number of methoxy groups -OCH3 is 2. The van der Waals surface area contributed by atoms with Gasteiger partial charge in [-0.1, -0.05) is 26.8 Å². The lowest BCUT2D eigenvalue weighted by Gasteiger charge is -2.36. The number of hydrogen-bond acceptors (Lipinski definition) is 4. The molecule has 0 fully saturated rings. The number of rotatable bonds is 8. The van der Waals surface area contributed by atoms with Crippen molar-refractivity contribution in [2.45, 2.75) is 51.7 Å². The number of ether oxygens (including phenoxy) is 2. The molecular weight excluding hydrogens is 368 g/mol. The summed E-state index contributed by atoms with van der Waals surface area (Å²) in [5, 5.41) is 0.138. The van der Waals surface area contributed by atoms with Crippen molar-refractivity contribution in [3.8, 4) is 17.2 Å². The topological polar surface area (TPSA) is 44.8 Å². The van der Waals surface area contributed by atoms with Gasteiger partial charge in [-0.3, -0.25) is 4.79 Å². The highest BCUT2D eigenvalue weighted by Gasteiger charge is 2.38. The second-order valence-electron chi connectivity index (χ2n) is 8.49. The van der Waals surface area contributed by atoms with Crippen molar-refractivity contribution in [3.63, 3.8) is 0 Å². The Balaban J connectivity index is 2.02. The number of benzene rings is 2. The summed E-state index contributed by atoms with van der Waals surface area (Å²) in [7, 11) is 1.37. The van der Waals surface area contributed by atoms with Crippen molar-refractivity contribution in [1.82, 2.24) is 0 Å². The molecule has 0 radical (unpaired) electrons. The van der Waals surface area contributed by atoms with Crippen LogP contribution in [0.1, 0.15) is 43.1 Å². The molecule has 0 atom stereocenters. The molecule has 0 N–H and O–H groups in total. The van der Waals surface area contributed by atoms with E-state index in [4.69, 9.17) is 13.9 Å². The van der Waals surface area contributed by atoms with Crippen LogP contribution in [0.5, 0.6) is 17.2 Å². The Labute approximate surface area is 170 Å². The molecule has 2 aromatic rings. The van der Waals surface area contributed by atoms with Gasteiger partial charge in [0.2, 0.25) is 8.32 Å². The van der Waals surface area contributed by atoms with E-state index in [-0.39, 0.29) is 10.8 Å². The van der Waals surface area contributed by atoms with Gasteiger partial charge in [0.15, 0.2) is 5.78 Å². The number of carbonyl (C=O) groups excluding carboxylic acids is 1. The van der Waals surface area contributed by atoms with Crippen LogP contribution in [0.3, 0.4) is 0 Å². The summed E-state index contributed by atoms with van der Waals surface area (Å²) in [6.07, 6.45) is 1.04. The van der Waals surface area contributed by atoms with Crippen LogP contribution in [0.4, 0.5) is 0 Å². The Kier molecular flexibility index (Phi) is 6.94. The average molecular weight is 401 g/mol. The lowest BCUT2D eigenvalue weighted by Crippen LogP contribution is -2.43. The lowest BCUT2D eigenvalue weighted by atomic mass is 10.0. The molecule has 0 unspecified atom stereocenters. The third-order valence-corrected chi connectivity index (χ3v) is 9.83. The fraction of sp³-hybridized carbons (Fsp3) is 0.435. The summed E-state index contributed by atoms with van der Waals surface area (Å²) >= 11 is 0. The van der Waals surface area contributed by atoms with Crippen LogP contribution >= 0.6 is 0 Å². The van der Waals surface area contributed by atoms with Crippen LogP contribution in [-0.4, -0.2) is 28.3 Å². The summed E-state index contributed by atoms with van der Waals surface area (Å²) in [4.78, 5) is 12.6. The highest BCUT2D eigenvalue weighted by molar-refractivity contribution is 6.74. The molecule has 0 bridgehead atoms. The molecule has 152 valence electrons. The fourth-order valence-corrected chi connectivity index (χ4v) is 3.64. The Hall–Kier alpha value is -2.27. The number of aryl methyl sites for hydroxylation is 1. The minimum Gasteiger partial charge on any atom is -0.544 e. The summed E-state index contributed by atoms with van der Waals surface area (Å²) in [5.41, 5.74) is 1.70. The van der Waals surface area contributed by atoms with E-state index in [0.717, 1.165) is 22.8 Å². The maximum atomic E-state index is 12.6. The minimum absolute atomic E-state index is 0.108. The van der Waals surface area contributed by atoms with Gasteiger partial charge >= 0.3 is 0 Å². The van der Waals surface area contributed by atoms with E-state index in [0.29, 0.717) is 18.4 Å². The van der Waals surface area contributed by atoms with E-state index in [9.17, 15) is 4.79 Å². The SMILES string of the molecule is COc1ccc(CCC(=O)c2ccc(O[Si](C)(C)C(C)(C)C)cc2)c(OC)c1. The highest BCUT2D eigenvalue weighted by Crippen LogP contribution is 2.37. The molecule has 0 spiro atoms. The Morgan fingerprint density at radius 2 is 1.54 bits per heavy atom. The van der Waals surface area contributed by atoms with Gasteiger partial charge < -0.3 is 13.9 Å². The largest absolute Gasteiger partial charge is 0.544 e. The van der Waals surface area contributed by atoms with Crippen LogP contribution in [0, 0.1) is 0 Å². The first-order valence-electron chi connectivity index (χ1n) is 9.60. The molecule has 2 rings (SSSR count). The Bertz CT molecular complexity index is 804. The Morgan fingerprint density at radius 3 is 2.07 bits per heavy atom. The molecule has 0 aliphatic rings. The molecule has 0 saturated carbocycles. The van der Waals surface area contributed by atoms with Gasteiger partial charge in [-0.25, -0.2) is 0 Å². The van der Waals surface area contributed by atoms with Gasteiger partial charge in [-0.2, -0.15) is 0 Å². The highest BCUT2D eigenvalue weighted by atomic mass is 28.4. The third kappa shape index (κ3) is 5.38. The normalized spacial score (nSPS) is 11.8. The first-order chi connectivity index (χ1) is 13.1. The standard InChI is InChI=1S/C23H32O4Si/c1-23(2,3)28(6,7)27-19-12-8-17(9-13-19)21(24)15-11-18-10-14-20(25-4)16-22(18)26-5/h8-10,12-14,16H,11,15H2,1-7H3. The molecular formula is C23H32O4Si. The molecule has 0 amide bonds. The van der Waals surface area contributed by atoms with Gasteiger partial charge in [0.05, 0.1) is 14.2 Å². The zero-order chi connectivity index (χ0) is 20.9. The van der Waals surface area contributed by atoms with E-state index in [1.165, 1.54) is 0 Å². The second kappa shape index (κ2) is 8.82. The first-order valence-corrected chi connectivity index (χ1v) is 12.5. The Morgan fingerprint density at radius 1 is 0.929 bits per heavy atom. The zero-order valence-corrected chi connectivity index (χ0v) is 19.1. The van der Waals surface area contributed by atoms with E-state index >= 15 is 0 Å². The molecule has 0 aromatic heterocycles. The van der Waals surface area contributed by atoms with Crippen LogP contribution in [0.25, 0.3) is 0 Å². The number of carbonyl (C=O) groups is 1. The van der Waals surface area contributed by atoms with Crippen molar-refractivity contribution < 1.29 is 18.7 Å². The molecule has 0 aliphatic carbocycles. The van der Waals surface area contributed by atoms with E-state index < -0.39 is 8.32 Å². The predicted molar refractivity (Wildman–Crippen MR) is 116 cm³/mol. The van der Waals surface area contributed by atoms with Crippen molar-refractivity contribution in [1.29, 1.82) is 0 Å². The smallest absolute Gasteiger partial charge is 0.250 e. The average Bonchev–Trinajstić information content (AvgIpc) is 2.65. The monoisotopic (exact) mass is 400 g/mol. The van der Waals surface area contributed by atoms with E-state index in [1.807, 2.05) is 42.5 Å². The van der Waals surface area contributed by atoms with Gasteiger partial charge in [0.25, 0.3) is 0 Å². The third-order valence-electron chi connectivity index (χ3n) is 5.47. The van der Waals surface area contributed by atoms with Crippen LogP contribution in [-0.2, 0) is 6.42 Å². The van der Waals surface area contributed by atoms with Crippen LogP contribution in [0.2, 0.25) is 18.1 Å². The van der Waals surface area contributed by atoms with Crippen molar-refractivity contribution >= 4 is 14.1 Å². The van der Waals surface area contributed by atoms with Crippen molar-refractivity contribution in [3.05, 3.63) is 53.6 Å². The van der Waals surface area contributed by atoms with Gasteiger partial charge in [0, 0.05) is 18.1 Å². The van der Waals surface area contributed by atoms with E-state index in [1.54, 1.807) is 14.2 Å². The van der Waals surface area contributed by atoms with Gasteiger partial charge in [-0.15, -0.1) is 0 Å². The molecule has 28 heavy (non-hydrogen) atoms. The zero-order valence-electron chi connectivity index (χ0n) is 18.1. The van der Waals surface area contributed by atoms with E-state index in [2.05, 4.69) is 33.9 Å². The minimum atomic E-state index is -1.88. The lowest BCUT2D eigenvalue weighted by molar-refractivity contribution is 0.0982. The second-order valence-corrected chi connectivity index (χ2v) is 13.2. The molecule has 0 heterocycles. The number of hydrogen-bond donors (Lipinski definition) is 0. The van der Waals surface area contributed by atoms with Crippen molar-refractivity contribution in [2.24, 2.45) is 0 Å². The van der Waals surface area contributed by atoms with Crippen LogP contribution in [0.15, 0.2) is 42.5 Å². The van der Waals surface area contributed by atoms with Crippen molar-refractivity contribution in [2.75, 3.05) is 14.2 Å². The molecule has 2 aromatic carbocycles.